The summed E-state index contributed by atoms with van der Waals surface area (Å²) in [5.41, 5.74) is 0. The predicted octanol–water partition coefficient (Wildman–Crippen LogP) is 3.94. The number of nitrogens with zero attached hydrogens (tertiary/aromatic N) is 2. The SMILES string of the molecule is CC1CCC(N(C(=O)C2CCN(S(=O)(=O)c3ccc(F)c(F)c3)CC2)C2CC2)CC1. The summed E-state index contributed by atoms with van der Waals surface area (Å²) in [4.78, 5) is 15.2. The summed E-state index contributed by atoms with van der Waals surface area (Å²) in [7, 11) is -3.90. The third-order valence-electron chi connectivity index (χ3n) is 6.91. The molecule has 0 aromatic heterocycles. The third kappa shape index (κ3) is 4.40. The summed E-state index contributed by atoms with van der Waals surface area (Å²) < 4.78 is 53.6. The number of piperidine rings is 1. The molecule has 1 heterocycles. The van der Waals surface area contributed by atoms with E-state index >= 15 is 0 Å². The van der Waals surface area contributed by atoms with Crippen LogP contribution in [0.3, 0.4) is 0 Å². The van der Waals surface area contributed by atoms with Gasteiger partial charge in [-0.15, -0.1) is 0 Å². The second kappa shape index (κ2) is 8.54. The minimum atomic E-state index is -3.90. The van der Waals surface area contributed by atoms with Crippen molar-refractivity contribution in [2.45, 2.75) is 75.3 Å². The summed E-state index contributed by atoms with van der Waals surface area (Å²) in [6, 6.07) is 3.33. The van der Waals surface area contributed by atoms with Crippen molar-refractivity contribution in [1.29, 1.82) is 0 Å². The van der Waals surface area contributed by atoms with E-state index in [1.54, 1.807) is 0 Å². The summed E-state index contributed by atoms with van der Waals surface area (Å²) in [5.74, 6) is -1.51. The molecule has 0 N–H and O–H groups in total. The first-order chi connectivity index (χ1) is 14.3. The van der Waals surface area contributed by atoms with Crippen LogP contribution in [0.2, 0.25) is 0 Å². The molecule has 1 saturated heterocycles. The Morgan fingerprint density at radius 3 is 2.03 bits per heavy atom. The zero-order valence-electron chi connectivity index (χ0n) is 17.4. The topological polar surface area (TPSA) is 57.7 Å². The highest BCUT2D eigenvalue weighted by Crippen LogP contribution is 2.37. The maximum atomic E-state index is 13.5. The number of amides is 1. The van der Waals surface area contributed by atoms with Crippen molar-refractivity contribution in [2.24, 2.45) is 11.8 Å². The van der Waals surface area contributed by atoms with Gasteiger partial charge in [-0.1, -0.05) is 6.92 Å². The molecule has 0 atom stereocenters. The normalized spacial score (nSPS) is 26.5. The van der Waals surface area contributed by atoms with E-state index < -0.39 is 21.7 Å². The Balaban J connectivity index is 1.40. The van der Waals surface area contributed by atoms with Crippen LogP contribution < -0.4 is 0 Å². The maximum Gasteiger partial charge on any atom is 0.243 e. The van der Waals surface area contributed by atoms with Crippen molar-refractivity contribution in [1.82, 2.24) is 9.21 Å². The van der Waals surface area contributed by atoms with E-state index in [1.807, 2.05) is 0 Å². The van der Waals surface area contributed by atoms with Crippen molar-refractivity contribution in [3.63, 3.8) is 0 Å². The number of sulfonamides is 1. The Hall–Kier alpha value is -1.54. The Bertz CT molecular complexity index is 888. The molecular formula is C22H30F2N2O3S. The highest BCUT2D eigenvalue weighted by Gasteiger charge is 2.42. The Morgan fingerprint density at radius 2 is 1.50 bits per heavy atom. The summed E-state index contributed by atoms with van der Waals surface area (Å²) in [6.07, 6.45) is 7.52. The molecule has 8 heteroatoms. The fourth-order valence-corrected chi connectivity index (χ4v) is 6.35. The molecular weight excluding hydrogens is 410 g/mol. The maximum absolute atomic E-state index is 13.5. The molecule has 166 valence electrons. The molecule has 1 aromatic carbocycles. The molecule has 5 nitrogen and oxygen atoms in total. The molecule has 30 heavy (non-hydrogen) atoms. The molecule has 1 aliphatic heterocycles. The van der Waals surface area contributed by atoms with Crippen LogP contribution in [0.4, 0.5) is 8.78 Å². The van der Waals surface area contributed by atoms with Crippen molar-refractivity contribution >= 4 is 15.9 Å². The largest absolute Gasteiger partial charge is 0.336 e. The summed E-state index contributed by atoms with van der Waals surface area (Å²) in [6.45, 7) is 2.71. The van der Waals surface area contributed by atoms with E-state index in [9.17, 15) is 22.0 Å². The van der Waals surface area contributed by atoms with E-state index in [0.717, 1.165) is 62.6 Å². The Labute approximate surface area is 177 Å². The second-order valence-electron chi connectivity index (χ2n) is 9.14. The van der Waals surface area contributed by atoms with Gasteiger partial charge in [0.05, 0.1) is 4.90 Å². The van der Waals surface area contributed by atoms with E-state index in [0.29, 0.717) is 24.9 Å². The van der Waals surface area contributed by atoms with E-state index in [2.05, 4.69) is 11.8 Å². The number of hydrogen-bond acceptors (Lipinski definition) is 3. The highest BCUT2D eigenvalue weighted by molar-refractivity contribution is 7.89. The molecule has 0 radical (unpaired) electrons. The van der Waals surface area contributed by atoms with E-state index in [1.165, 1.54) is 4.31 Å². The number of carbonyl (C=O) groups is 1. The van der Waals surface area contributed by atoms with Gasteiger partial charge in [-0.3, -0.25) is 4.79 Å². The van der Waals surface area contributed by atoms with Crippen molar-refractivity contribution in [3.05, 3.63) is 29.8 Å². The molecule has 1 aromatic rings. The Kier molecular flexibility index (Phi) is 6.17. The van der Waals surface area contributed by atoms with Gasteiger partial charge in [0.2, 0.25) is 15.9 Å². The van der Waals surface area contributed by atoms with Crippen LogP contribution in [0.15, 0.2) is 23.1 Å². The van der Waals surface area contributed by atoms with Crippen molar-refractivity contribution in [2.75, 3.05) is 13.1 Å². The average Bonchev–Trinajstić information content (AvgIpc) is 3.56. The lowest BCUT2D eigenvalue weighted by molar-refractivity contribution is -0.140. The van der Waals surface area contributed by atoms with Gasteiger partial charge in [-0.05, 0) is 75.5 Å². The standard InChI is InChI=1S/C22H30F2N2O3S/c1-15-2-4-17(5-3-15)26(18-6-7-18)22(27)16-10-12-25(13-11-16)30(28,29)19-8-9-20(23)21(24)14-19/h8-9,14-18H,2-7,10-13H2,1H3. The van der Waals surface area contributed by atoms with Gasteiger partial charge >= 0.3 is 0 Å². The van der Waals surface area contributed by atoms with Gasteiger partial charge in [0.1, 0.15) is 0 Å². The first-order valence-corrected chi connectivity index (χ1v) is 12.5. The monoisotopic (exact) mass is 440 g/mol. The van der Waals surface area contributed by atoms with Gasteiger partial charge in [0, 0.05) is 31.1 Å². The molecule has 2 aliphatic carbocycles. The lowest BCUT2D eigenvalue weighted by atomic mass is 9.85. The summed E-state index contributed by atoms with van der Waals surface area (Å²) in [5, 5.41) is 0. The van der Waals surface area contributed by atoms with Crippen LogP contribution in [-0.4, -0.2) is 48.7 Å². The zero-order valence-corrected chi connectivity index (χ0v) is 18.2. The lowest BCUT2D eigenvalue weighted by Crippen LogP contribution is -2.49. The lowest BCUT2D eigenvalue weighted by Gasteiger charge is -2.40. The average molecular weight is 441 g/mol. The number of benzene rings is 1. The quantitative estimate of drug-likeness (QED) is 0.697. The van der Waals surface area contributed by atoms with Gasteiger partial charge in [0.25, 0.3) is 0 Å². The molecule has 3 aliphatic rings. The van der Waals surface area contributed by atoms with Crippen LogP contribution in [0.5, 0.6) is 0 Å². The smallest absolute Gasteiger partial charge is 0.243 e. The summed E-state index contributed by atoms with van der Waals surface area (Å²) >= 11 is 0. The molecule has 4 rings (SSSR count). The zero-order chi connectivity index (χ0) is 21.5. The number of rotatable bonds is 5. The van der Waals surface area contributed by atoms with Gasteiger partial charge in [0.15, 0.2) is 11.6 Å². The Morgan fingerprint density at radius 1 is 0.933 bits per heavy atom. The number of halogens is 2. The molecule has 0 spiro atoms. The third-order valence-corrected chi connectivity index (χ3v) is 8.80. The molecule has 1 amide bonds. The predicted molar refractivity (Wildman–Crippen MR) is 109 cm³/mol. The van der Waals surface area contributed by atoms with Gasteiger partial charge < -0.3 is 4.90 Å². The minimum Gasteiger partial charge on any atom is -0.336 e. The number of carbonyl (C=O) groups excluding carboxylic acids is 1. The van der Waals surface area contributed by atoms with Crippen LogP contribution in [-0.2, 0) is 14.8 Å². The first-order valence-electron chi connectivity index (χ1n) is 11.0. The first kappa shape index (κ1) is 21.7. The van der Waals surface area contributed by atoms with Crippen molar-refractivity contribution < 1.29 is 22.0 Å². The fourth-order valence-electron chi connectivity index (χ4n) is 4.87. The van der Waals surface area contributed by atoms with Crippen molar-refractivity contribution in [3.8, 4) is 0 Å². The van der Waals surface area contributed by atoms with Crippen LogP contribution in [0.1, 0.15) is 58.3 Å². The number of hydrogen-bond donors (Lipinski definition) is 0. The van der Waals surface area contributed by atoms with Gasteiger partial charge in [-0.2, -0.15) is 4.31 Å². The van der Waals surface area contributed by atoms with Gasteiger partial charge in [-0.25, -0.2) is 17.2 Å². The highest BCUT2D eigenvalue weighted by atomic mass is 32.2. The molecule has 2 saturated carbocycles. The molecule has 0 bridgehead atoms. The van der Waals surface area contributed by atoms with E-state index in [-0.39, 0.29) is 29.8 Å². The fraction of sp³-hybridized carbons (Fsp3) is 0.682. The van der Waals surface area contributed by atoms with Crippen LogP contribution in [0, 0.1) is 23.5 Å². The second-order valence-corrected chi connectivity index (χ2v) is 11.1. The minimum absolute atomic E-state index is 0.165. The van der Waals surface area contributed by atoms with Crippen LogP contribution in [0.25, 0.3) is 0 Å². The molecule has 0 unspecified atom stereocenters. The van der Waals surface area contributed by atoms with Crippen LogP contribution >= 0.6 is 0 Å². The van der Waals surface area contributed by atoms with E-state index in [4.69, 9.17) is 0 Å². The molecule has 3 fully saturated rings.